The minimum Gasteiger partial charge on any atom is -0.480 e. The zero-order chi connectivity index (χ0) is 20.3. The van der Waals surface area contributed by atoms with E-state index in [1.54, 1.807) is 42.5 Å². The van der Waals surface area contributed by atoms with Crippen LogP contribution in [0.1, 0.15) is 11.1 Å². The maximum absolute atomic E-state index is 11.5. The SMILES string of the molecule is COc1nc(-c2ccc(C#N)cc2)c(-c2ccc(S(N)(=O)=O)cc2)cc1C#N. The average molecular weight is 390 g/mol. The largest absolute Gasteiger partial charge is 0.480 e. The first-order valence-corrected chi connectivity index (χ1v) is 9.55. The van der Waals surface area contributed by atoms with Crippen molar-refractivity contribution < 1.29 is 13.2 Å². The Morgan fingerprint density at radius 1 is 0.964 bits per heavy atom. The lowest BCUT2D eigenvalue weighted by Crippen LogP contribution is -2.11. The first-order valence-electron chi connectivity index (χ1n) is 8.00. The molecule has 0 radical (unpaired) electrons. The van der Waals surface area contributed by atoms with Gasteiger partial charge in [0.15, 0.2) is 0 Å². The van der Waals surface area contributed by atoms with Crippen molar-refractivity contribution in [3.63, 3.8) is 0 Å². The Morgan fingerprint density at radius 2 is 1.57 bits per heavy atom. The molecule has 0 atom stereocenters. The van der Waals surface area contributed by atoms with E-state index in [9.17, 15) is 13.7 Å². The molecule has 0 aliphatic heterocycles. The van der Waals surface area contributed by atoms with E-state index in [-0.39, 0.29) is 16.3 Å². The zero-order valence-electron chi connectivity index (χ0n) is 14.7. The fourth-order valence-corrected chi connectivity index (χ4v) is 3.21. The number of benzene rings is 2. The van der Waals surface area contributed by atoms with Crippen LogP contribution in [0.15, 0.2) is 59.5 Å². The molecule has 8 heteroatoms. The van der Waals surface area contributed by atoms with Gasteiger partial charge in [-0.3, -0.25) is 0 Å². The Morgan fingerprint density at radius 3 is 2.07 bits per heavy atom. The lowest BCUT2D eigenvalue weighted by Gasteiger charge is -2.13. The van der Waals surface area contributed by atoms with E-state index in [1.807, 2.05) is 6.07 Å². The molecule has 3 aromatic rings. The van der Waals surface area contributed by atoms with Gasteiger partial charge < -0.3 is 4.74 Å². The van der Waals surface area contributed by atoms with Crippen LogP contribution < -0.4 is 9.88 Å². The number of ether oxygens (including phenoxy) is 1. The highest BCUT2D eigenvalue weighted by Gasteiger charge is 2.16. The minimum absolute atomic E-state index is 0.0156. The normalized spacial score (nSPS) is 10.7. The Bertz CT molecular complexity index is 1220. The van der Waals surface area contributed by atoms with Crippen LogP contribution in [0, 0.1) is 22.7 Å². The predicted octanol–water partition coefficient (Wildman–Crippen LogP) is 2.81. The first-order chi connectivity index (χ1) is 13.4. The summed E-state index contributed by atoms with van der Waals surface area (Å²) in [7, 11) is -2.39. The molecule has 138 valence electrons. The molecule has 1 heterocycles. The van der Waals surface area contributed by atoms with Gasteiger partial charge >= 0.3 is 0 Å². The van der Waals surface area contributed by atoms with Gasteiger partial charge in [0.05, 0.1) is 29.3 Å². The molecule has 0 unspecified atom stereocenters. The second-order valence-corrected chi connectivity index (χ2v) is 7.37. The van der Waals surface area contributed by atoms with Gasteiger partial charge in [0, 0.05) is 11.1 Å². The molecule has 28 heavy (non-hydrogen) atoms. The van der Waals surface area contributed by atoms with E-state index in [2.05, 4.69) is 11.1 Å². The van der Waals surface area contributed by atoms with Gasteiger partial charge in [-0.15, -0.1) is 0 Å². The second-order valence-electron chi connectivity index (χ2n) is 5.81. The molecule has 0 fully saturated rings. The molecule has 0 amide bonds. The summed E-state index contributed by atoms with van der Waals surface area (Å²) in [5, 5.41) is 23.5. The maximum Gasteiger partial charge on any atom is 0.238 e. The molecule has 0 saturated heterocycles. The van der Waals surface area contributed by atoms with Gasteiger partial charge in [0.1, 0.15) is 11.6 Å². The number of sulfonamides is 1. The first kappa shape index (κ1) is 19.1. The summed E-state index contributed by atoms with van der Waals surface area (Å²) in [5.41, 5.74) is 3.26. The number of rotatable bonds is 4. The van der Waals surface area contributed by atoms with Gasteiger partial charge in [-0.1, -0.05) is 24.3 Å². The summed E-state index contributed by atoms with van der Waals surface area (Å²) in [6.07, 6.45) is 0. The molecule has 3 rings (SSSR count). The van der Waals surface area contributed by atoms with Crippen molar-refractivity contribution in [3.8, 4) is 40.4 Å². The highest BCUT2D eigenvalue weighted by molar-refractivity contribution is 7.89. The van der Waals surface area contributed by atoms with Crippen molar-refractivity contribution in [1.29, 1.82) is 10.5 Å². The summed E-state index contributed by atoms with van der Waals surface area (Å²) in [4.78, 5) is 4.45. The van der Waals surface area contributed by atoms with Crippen molar-refractivity contribution in [2.24, 2.45) is 5.14 Å². The molecule has 0 aliphatic carbocycles. The van der Waals surface area contributed by atoms with Crippen molar-refractivity contribution >= 4 is 10.0 Å². The second kappa shape index (κ2) is 7.49. The molecule has 2 N–H and O–H groups in total. The van der Waals surface area contributed by atoms with Crippen molar-refractivity contribution in [2.75, 3.05) is 7.11 Å². The van der Waals surface area contributed by atoms with E-state index >= 15 is 0 Å². The van der Waals surface area contributed by atoms with E-state index < -0.39 is 10.0 Å². The molecule has 0 saturated carbocycles. The topological polar surface area (TPSA) is 130 Å². The van der Waals surface area contributed by atoms with Crippen LogP contribution in [0.4, 0.5) is 0 Å². The number of aromatic nitrogens is 1. The van der Waals surface area contributed by atoms with Crippen molar-refractivity contribution in [1.82, 2.24) is 4.98 Å². The Labute approximate surface area is 162 Å². The average Bonchev–Trinajstić information content (AvgIpc) is 2.72. The number of methoxy groups -OCH3 is 1. The predicted molar refractivity (Wildman–Crippen MR) is 102 cm³/mol. The van der Waals surface area contributed by atoms with Gasteiger partial charge in [-0.2, -0.15) is 10.5 Å². The number of hydrogen-bond acceptors (Lipinski definition) is 6. The van der Waals surface area contributed by atoms with Crippen LogP contribution in [0.2, 0.25) is 0 Å². The summed E-state index contributed by atoms with van der Waals surface area (Å²) in [6.45, 7) is 0. The molecule has 1 aromatic heterocycles. The highest BCUT2D eigenvalue weighted by atomic mass is 32.2. The van der Waals surface area contributed by atoms with Gasteiger partial charge in [0.25, 0.3) is 0 Å². The number of nitrogens with two attached hydrogens (primary N) is 1. The van der Waals surface area contributed by atoms with Crippen molar-refractivity contribution in [3.05, 3.63) is 65.7 Å². The molecular weight excluding hydrogens is 376 g/mol. The van der Waals surface area contributed by atoms with Crippen LogP contribution in [0.25, 0.3) is 22.4 Å². The van der Waals surface area contributed by atoms with Gasteiger partial charge in [-0.25, -0.2) is 18.5 Å². The summed E-state index contributed by atoms with van der Waals surface area (Å²) in [6, 6.07) is 18.5. The smallest absolute Gasteiger partial charge is 0.238 e. The number of pyridine rings is 1. The highest BCUT2D eigenvalue weighted by Crippen LogP contribution is 2.35. The number of hydrogen-bond donors (Lipinski definition) is 1. The maximum atomic E-state index is 11.5. The summed E-state index contributed by atoms with van der Waals surface area (Å²) in [5.74, 6) is 0.173. The molecule has 0 aliphatic rings. The van der Waals surface area contributed by atoms with Crippen LogP contribution >= 0.6 is 0 Å². The summed E-state index contributed by atoms with van der Waals surface area (Å²) >= 11 is 0. The zero-order valence-corrected chi connectivity index (χ0v) is 15.6. The summed E-state index contributed by atoms with van der Waals surface area (Å²) < 4.78 is 28.2. The van der Waals surface area contributed by atoms with Crippen LogP contribution in [-0.2, 0) is 10.0 Å². The van der Waals surface area contributed by atoms with E-state index in [0.29, 0.717) is 27.9 Å². The third kappa shape index (κ3) is 3.69. The number of primary sulfonamides is 1. The third-order valence-electron chi connectivity index (χ3n) is 4.08. The fourth-order valence-electron chi connectivity index (χ4n) is 2.70. The number of nitriles is 2. The standard InChI is InChI=1S/C20H14N4O3S/c1-27-20-16(12-22)10-18(14-6-8-17(9-7-14)28(23,25)26)19(24-20)15-4-2-13(11-21)3-5-15/h2-10H,1H3,(H2,23,25,26). The molecule has 2 aromatic carbocycles. The lowest BCUT2D eigenvalue weighted by molar-refractivity contribution is 0.397. The Balaban J connectivity index is 2.23. The molecule has 0 spiro atoms. The van der Waals surface area contributed by atoms with Gasteiger partial charge in [-0.05, 0) is 35.9 Å². The van der Waals surface area contributed by atoms with Crippen LogP contribution in [0.5, 0.6) is 5.88 Å². The number of nitrogens with zero attached hydrogens (tertiary/aromatic N) is 3. The van der Waals surface area contributed by atoms with Crippen LogP contribution in [0.3, 0.4) is 0 Å². The molecule has 0 bridgehead atoms. The van der Waals surface area contributed by atoms with Crippen LogP contribution in [-0.4, -0.2) is 20.5 Å². The van der Waals surface area contributed by atoms with Gasteiger partial charge in [0.2, 0.25) is 15.9 Å². The Kier molecular flexibility index (Phi) is 5.10. The Hall–Kier alpha value is -3.72. The lowest BCUT2D eigenvalue weighted by atomic mass is 9.97. The van der Waals surface area contributed by atoms with E-state index in [4.69, 9.17) is 15.1 Å². The minimum atomic E-state index is -3.81. The monoisotopic (exact) mass is 390 g/mol. The fraction of sp³-hybridized carbons (Fsp3) is 0.0500. The van der Waals surface area contributed by atoms with Crippen molar-refractivity contribution in [2.45, 2.75) is 4.90 Å². The quantitative estimate of drug-likeness (QED) is 0.729. The third-order valence-corrected chi connectivity index (χ3v) is 5.01. The van der Waals surface area contributed by atoms with E-state index in [0.717, 1.165) is 0 Å². The molecule has 7 nitrogen and oxygen atoms in total. The molecular formula is C20H14N4O3S. The van der Waals surface area contributed by atoms with E-state index in [1.165, 1.54) is 19.2 Å².